The molecule has 0 amide bonds. The maximum Gasteiger partial charge on any atom is 0.299 e. The summed E-state index contributed by atoms with van der Waals surface area (Å²) in [6.07, 6.45) is 3.41. The molecule has 0 aliphatic heterocycles. The Hall–Kier alpha value is -1.46. The van der Waals surface area contributed by atoms with Crippen molar-refractivity contribution < 1.29 is 18.3 Å². The summed E-state index contributed by atoms with van der Waals surface area (Å²) in [5, 5.41) is 13.7. The molecule has 1 aromatic heterocycles. The summed E-state index contributed by atoms with van der Waals surface area (Å²) >= 11 is 0. The SMILES string of the molecule is COCCNS(=O)(=O)Nc1ccc(CC(C)(C)NC[C@H](O)c2cccnc2)cc1.Cl.Cl. The zero-order valence-corrected chi connectivity index (χ0v) is 20.3. The summed E-state index contributed by atoms with van der Waals surface area (Å²) < 4.78 is 33.6. The number of nitrogens with one attached hydrogen (secondary N) is 3. The minimum absolute atomic E-state index is 0. The average molecular weight is 495 g/mol. The van der Waals surface area contributed by atoms with Gasteiger partial charge in [-0.25, -0.2) is 0 Å². The van der Waals surface area contributed by atoms with Crippen LogP contribution in [-0.2, 0) is 21.4 Å². The van der Waals surface area contributed by atoms with E-state index in [1.165, 1.54) is 7.11 Å². The number of pyridine rings is 1. The molecule has 1 aromatic carbocycles. The van der Waals surface area contributed by atoms with Gasteiger partial charge >= 0.3 is 0 Å². The Morgan fingerprint density at radius 3 is 2.42 bits per heavy atom. The van der Waals surface area contributed by atoms with Crippen LogP contribution in [-0.4, -0.2) is 50.9 Å². The summed E-state index contributed by atoms with van der Waals surface area (Å²) in [6, 6.07) is 10.9. The van der Waals surface area contributed by atoms with Gasteiger partial charge in [-0.05, 0) is 44.0 Å². The molecule has 8 nitrogen and oxygen atoms in total. The smallest absolute Gasteiger partial charge is 0.299 e. The highest BCUT2D eigenvalue weighted by Gasteiger charge is 2.20. The molecular formula is C20H32Cl2N4O4S. The Kier molecular flexibility index (Phi) is 13.2. The van der Waals surface area contributed by atoms with Crippen molar-refractivity contribution in [2.45, 2.75) is 31.9 Å². The van der Waals surface area contributed by atoms with Crippen molar-refractivity contribution in [1.82, 2.24) is 15.0 Å². The largest absolute Gasteiger partial charge is 0.387 e. The zero-order valence-electron chi connectivity index (χ0n) is 17.9. The number of hydrogen-bond acceptors (Lipinski definition) is 6. The summed E-state index contributed by atoms with van der Waals surface area (Å²) in [6.45, 7) is 5.02. The predicted octanol–water partition coefficient (Wildman–Crippen LogP) is 2.46. The number of ether oxygens (including phenoxy) is 1. The molecule has 0 bridgehead atoms. The maximum atomic E-state index is 11.9. The number of anilines is 1. The lowest BCUT2D eigenvalue weighted by Crippen LogP contribution is -2.43. The van der Waals surface area contributed by atoms with Crippen LogP contribution in [0, 0.1) is 0 Å². The standard InChI is InChI=1S/C20H30N4O4S.2ClH/c1-20(2,22-15-19(25)17-5-4-10-21-14-17)13-16-6-8-18(9-7-16)24-29(26,27)23-11-12-28-3;;/h4-10,14,19,22-25H,11-13,15H2,1-3H3;2*1H/t19-;;/m0../s1. The second-order valence-corrected chi connectivity index (χ2v) is 8.93. The Morgan fingerprint density at radius 2 is 1.84 bits per heavy atom. The van der Waals surface area contributed by atoms with Gasteiger partial charge in [-0.15, -0.1) is 24.8 Å². The van der Waals surface area contributed by atoms with Gasteiger partial charge in [-0.3, -0.25) is 9.71 Å². The molecule has 0 aliphatic rings. The van der Waals surface area contributed by atoms with E-state index in [1.807, 2.05) is 18.2 Å². The molecule has 0 unspecified atom stereocenters. The number of aliphatic hydroxyl groups is 1. The molecule has 176 valence electrons. The van der Waals surface area contributed by atoms with Crippen LogP contribution in [0.15, 0.2) is 48.8 Å². The molecule has 0 fully saturated rings. The van der Waals surface area contributed by atoms with Crippen molar-refractivity contribution in [3.05, 3.63) is 59.9 Å². The van der Waals surface area contributed by atoms with Crippen molar-refractivity contribution in [3.8, 4) is 0 Å². The second kappa shape index (κ2) is 13.8. The molecule has 4 N–H and O–H groups in total. The quantitative estimate of drug-likeness (QED) is 0.337. The van der Waals surface area contributed by atoms with E-state index in [0.29, 0.717) is 25.3 Å². The maximum absolute atomic E-state index is 11.9. The second-order valence-electron chi connectivity index (χ2n) is 7.43. The first kappa shape index (κ1) is 29.5. The van der Waals surface area contributed by atoms with Crippen LogP contribution >= 0.6 is 24.8 Å². The Labute approximate surface area is 197 Å². The first-order valence-corrected chi connectivity index (χ1v) is 10.9. The Bertz CT molecular complexity index is 853. The van der Waals surface area contributed by atoms with Crippen LogP contribution in [0.3, 0.4) is 0 Å². The summed E-state index contributed by atoms with van der Waals surface area (Å²) in [5.41, 5.74) is 2.04. The predicted molar refractivity (Wildman–Crippen MR) is 128 cm³/mol. The normalized spacial score (nSPS) is 12.4. The van der Waals surface area contributed by atoms with E-state index in [9.17, 15) is 13.5 Å². The minimum Gasteiger partial charge on any atom is -0.387 e. The fourth-order valence-electron chi connectivity index (χ4n) is 2.80. The van der Waals surface area contributed by atoms with E-state index >= 15 is 0 Å². The highest BCUT2D eigenvalue weighted by atomic mass is 35.5. The number of nitrogens with zero attached hydrogens (tertiary/aromatic N) is 1. The van der Waals surface area contributed by atoms with E-state index in [1.54, 1.807) is 30.6 Å². The van der Waals surface area contributed by atoms with Crippen LogP contribution in [0.25, 0.3) is 0 Å². The summed E-state index contributed by atoms with van der Waals surface area (Å²) in [7, 11) is -2.11. The highest BCUT2D eigenvalue weighted by molar-refractivity contribution is 7.90. The van der Waals surface area contributed by atoms with Gasteiger partial charge in [-0.2, -0.15) is 13.1 Å². The molecule has 31 heavy (non-hydrogen) atoms. The third kappa shape index (κ3) is 11.1. The van der Waals surface area contributed by atoms with Gasteiger partial charge < -0.3 is 15.2 Å². The number of benzene rings is 1. The zero-order chi connectivity index (χ0) is 21.3. The van der Waals surface area contributed by atoms with E-state index in [4.69, 9.17) is 4.74 Å². The van der Waals surface area contributed by atoms with Gasteiger partial charge in [0, 0.05) is 49.4 Å². The molecule has 2 rings (SSSR count). The van der Waals surface area contributed by atoms with Crippen LogP contribution in [0.5, 0.6) is 0 Å². The first-order chi connectivity index (χ1) is 13.7. The van der Waals surface area contributed by atoms with E-state index in [2.05, 4.69) is 33.6 Å². The number of methoxy groups -OCH3 is 1. The third-order valence-corrected chi connectivity index (χ3v) is 5.38. The van der Waals surface area contributed by atoms with E-state index < -0.39 is 16.3 Å². The molecule has 2 aromatic rings. The van der Waals surface area contributed by atoms with Gasteiger partial charge in [0.1, 0.15) is 0 Å². The van der Waals surface area contributed by atoms with Crippen LogP contribution in [0.4, 0.5) is 5.69 Å². The van der Waals surface area contributed by atoms with E-state index in [0.717, 1.165) is 11.1 Å². The molecule has 0 saturated heterocycles. The first-order valence-electron chi connectivity index (χ1n) is 9.39. The lowest BCUT2D eigenvalue weighted by atomic mass is 9.94. The van der Waals surface area contributed by atoms with Crippen molar-refractivity contribution >= 4 is 40.7 Å². The molecule has 11 heteroatoms. The van der Waals surface area contributed by atoms with Gasteiger partial charge in [0.05, 0.1) is 12.7 Å². The van der Waals surface area contributed by atoms with Crippen LogP contribution in [0.1, 0.15) is 31.1 Å². The lowest BCUT2D eigenvalue weighted by molar-refractivity contribution is 0.160. The van der Waals surface area contributed by atoms with Crippen LogP contribution in [0.2, 0.25) is 0 Å². The number of rotatable bonds is 12. The molecule has 1 atom stereocenters. The topological polar surface area (TPSA) is 113 Å². The molecule has 0 radical (unpaired) electrons. The monoisotopic (exact) mass is 494 g/mol. The van der Waals surface area contributed by atoms with Crippen molar-refractivity contribution in [3.63, 3.8) is 0 Å². The minimum atomic E-state index is -3.62. The number of aromatic nitrogens is 1. The summed E-state index contributed by atoms with van der Waals surface area (Å²) in [5.74, 6) is 0. The van der Waals surface area contributed by atoms with Gasteiger partial charge in [0.2, 0.25) is 0 Å². The average Bonchev–Trinajstić information content (AvgIpc) is 2.68. The molecular weight excluding hydrogens is 463 g/mol. The van der Waals surface area contributed by atoms with Crippen molar-refractivity contribution in [2.75, 3.05) is 31.5 Å². The summed E-state index contributed by atoms with van der Waals surface area (Å²) in [4.78, 5) is 4.02. The fourth-order valence-corrected chi connectivity index (χ4v) is 3.67. The number of β-amino-alcohol motifs (C(OH)–C–C–N with tert-alkyl or cyclic N) is 1. The molecule has 0 saturated carbocycles. The fraction of sp³-hybridized carbons (Fsp3) is 0.450. The van der Waals surface area contributed by atoms with Crippen LogP contribution < -0.4 is 14.8 Å². The van der Waals surface area contributed by atoms with Crippen molar-refractivity contribution in [1.29, 1.82) is 0 Å². The number of aliphatic hydroxyl groups excluding tert-OH is 1. The highest BCUT2D eigenvalue weighted by Crippen LogP contribution is 2.18. The van der Waals surface area contributed by atoms with Gasteiger partial charge in [0.25, 0.3) is 10.2 Å². The van der Waals surface area contributed by atoms with Gasteiger partial charge in [-0.1, -0.05) is 18.2 Å². The molecule has 0 aliphatic carbocycles. The molecule has 1 heterocycles. The Morgan fingerprint density at radius 1 is 1.16 bits per heavy atom. The molecule has 0 spiro atoms. The number of hydrogen-bond donors (Lipinski definition) is 4. The van der Waals surface area contributed by atoms with E-state index in [-0.39, 0.29) is 36.9 Å². The van der Waals surface area contributed by atoms with Gasteiger partial charge in [0.15, 0.2) is 0 Å². The number of halogens is 2. The third-order valence-electron chi connectivity index (χ3n) is 4.29. The Balaban J connectivity index is 0.00000450. The lowest BCUT2D eigenvalue weighted by Gasteiger charge is -2.28. The van der Waals surface area contributed by atoms with Crippen molar-refractivity contribution in [2.24, 2.45) is 0 Å².